The largest absolute Gasteiger partial charge is 0.505 e. The third-order valence-electron chi connectivity index (χ3n) is 9.36. The van der Waals surface area contributed by atoms with E-state index in [1.54, 1.807) is 0 Å². The van der Waals surface area contributed by atoms with E-state index in [0.29, 0.717) is 30.3 Å². The van der Waals surface area contributed by atoms with Crippen LogP contribution in [-0.2, 0) is 40.5 Å². The van der Waals surface area contributed by atoms with Crippen molar-refractivity contribution in [1.82, 2.24) is 9.78 Å². The van der Waals surface area contributed by atoms with Crippen molar-refractivity contribution in [2.75, 3.05) is 33.5 Å². The zero-order valence-electron chi connectivity index (χ0n) is 36.1. The van der Waals surface area contributed by atoms with Crippen molar-refractivity contribution in [3.05, 3.63) is 82.5 Å². The summed E-state index contributed by atoms with van der Waals surface area (Å²) >= 11 is 0. The molecule has 1 heterocycles. The molecule has 5 aromatic carbocycles. The molecule has 32 nitrogen and oxygen atoms in total. The molecule has 6 aromatic rings. The van der Waals surface area contributed by atoms with Crippen molar-refractivity contribution in [1.29, 1.82) is 0 Å². The number of carboxylic acids is 1. The fraction of sp³-hybridized carbons (Fsp3) is 0.135. The molecule has 6 rings (SSSR count). The molecule has 73 heavy (non-hydrogen) atoms. The summed E-state index contributed by atoms with van der Waals surface area (Å²) in [6.45, 7) is -2.14. The summed E-state index contributed by atoms with van der Waals surface area (Å²) in [5.41, 5.74) is -7.43. The van der Waals surface area contributed by atoms with E-state index in [9.17, 15) is 92.3 Å². The summed E-state index contributed by atoms with van der Waals surface area (Å²) < 4.78 is 157. The van der Waals surface area contributed by atoms with Gasteiger partial charge in [0.2, 0.25) is 11.6 Å². The average Bonchev–Trinajstić information content (AvgIpc) is 3.64. The first-order valence-corrected chi connectivity index (χ1v) is 25.0. The minimum absolute atomic E-state index is 0.0140. The SMILES string of the molecule is COc1ccc(/N=N/c2cc(OCCO)c(/N=N/c3c(S(=O)(=O)O)cc4c(S(=O)(=O)O)c(-n5nc(C(=O)O)c(/N=N/c6ccc([N+](=O)[O-])cc6S(=O)(=O)O)c5O)ccc4c3O)cc2OCCO)c(S(=O)(=O)O)c1. The molecule has 0 aliphatic rings. The molecule has 36 heteroatoms. The van der Waals surface area contributed by atoms with Crippen LogP contribution in [0.5, 0.6) is 28.9 Å². The minimum Gasteiger partial charge on any atom is -0.505 e. The van der Waals surface area contributed by atoms with Gasteiger partial charge in [0.1, 0.15) is 78.5 Å². The number of aromatic hydroxyl groups is 2. The number of aliphatic hydroxyl groups excluding tert-OH is 2. The maximum atomic E-state index is 13.1. The third-order valence-corrected chi connectivity index (χ3v) is 12.9. The predicted octanol–water partition coefficient (Wildman–Crippen LogP) is 5.03. The molecule has 1 aromatic heterocycles. The van der Waals surface area contributed by atoms with E-state index in [4.69, 9.17) is 14.2 Å². The Morgan fingerprint density at radius 1 is 0.644 bits per heavy atom. The Labute approximate surface area is 407 Å². The Bertz CT molecular complexity index is 3810. The smallest absolute Gasteiger partial charge is 0.358 e. The third kappa shape index (κ3) is 11.8. The molecule has 0 aliphatic heterocycles. The molecule has 0 bridgehead atoms. The lowest BCUT2D eigenvalue weighted by atomic mass is 10.1. The van der Waals surface area contributed by atoms with Crippen LogP contribution < -0.4 is 14.2 Å². The molecule has 0 fully saturated rings. The number of carboxylic acid groups (broad SMARTS) is 1. The van der Waals surface area contributed by atoms with Crippen molar-refractivity contribution < 1.29 is 101 Å². The molecule has 386 valence electrons. The molecule has 0 saturated heterocycles. The zero-order chi connectivity index (χ0) is 54.0. The number of carbonyl (C=O) groups is 1. The van der Waals surface area contributed by atoms with E-state index < -0.39 is 165 Å². The van der Waals surface area contributed by atoms with Gasteiger partial charge in [-0.25, -0.2) is 4.79 Å². The van der Waals surface area contributed by atoms with E-state index in [0.717, 1.165) is 30.3 Å². The summed E-state index contributed by atoms with van der Waals surface area (Å²) in [5.74, 6) is -5.41. The second-order valence-corrected chi connectivity index (χ2v) is 19.5. The van der Waals surface area contributed by atoms with Crippen molar-refractivity contribution in [3.63, 3.8) is 0 Å². The Morgan fingerprint density at radius 2 is 1.15 bits per heavy atom. The van der Waals surface area contributed by atoms with Gasteiger partial charge < -0.3 is 39.7 Å². The number of benzene rings is 5. The van der Waals surface area contributed by atoms with E-state index in [1.165, 1.54) is 13.2 Å². The van der Waals surface area contributed by atoms with Crippen LogP contribution in [0.25, 0.3) is 16.5 Å². The maximum absolute atomic E-state index is 13.1. The van der Waals surface area contributed by atoms with Gasteiger partial charge in [-0.3, -0.25) is 28.3 Å². The summed E-state index contributed by atoms with van der Waals surface area (Å²) in [7, 11) is -20.4. The quantitative estimate of drug-likeness (QED) is 0.0209. The normalized spacial score (nSPS) is 12.6. The van der Waals surface area contributed by atoms with Gasteiger partial charge in [0.05, 0.1) is 30.9 Å². The Balaban J connectivity index is 1.54. The molecule has 0 unspecified atom stereocenters. The Hall–Kier alpha value is -8.20. The van der Waals surface area contributed by atoms with Gasteiger partial charge in [0.25, 0.3) is 46.2 Å². The van der Waals surface area contributed by atoms with Crippen LogP contribution >= 0.6 is 0 Å². The summed E-state index contributed by atoms with van der Waals surface area (Å²) in [6, 6.07) is 8.92. The molecule has 0 amide bonds. The average molecular weight is 1100 g/mol. The molecule has 0 aliphatic carbocycles. The fourth-order valence-corrected chi connectivity index (χ4v) is 9.08. The molecular formula is C37H31N9O23S4. The molecule has 0 spiro atoms. The Kier molecular flexibility index (Phi) is 15.5. The number of methoxy groups -OCH3 is 1. The van der Waals surface area contributed by atoms with Crippen LogP contribution in [0.15, 0.2) is 117 Å². The number of non-ortho nitro benzene ring substituents is 1. The van der Waals surface area contributed by atoms with Gasteiger partial charge >= 0.3 is 5.97 Å². The lowest BCUT2D eigenvalue weighted by Crippen LogP contribution is -2.09. The van der Waals surface area contributed by atoms with Gasteiger partial charge in [-0.15, -0.1) is 30.7 Å². The van der Waals surface area contributed by atoms with Crippen molar-refractivity contribution in [2.45, 2.75) is 19.6 Å². The van der Waals surface area contributed by atoms with E-state index in [2.05, 4.69) is 35.8 Å². The van der Waals surface area contributed by atoms with Gasteiger partial charge in [0, 0.05) is 41.1 Å². The van der Waals surface area contributed by atoms with Crippen LogP contribution in [-0.4, -0.2) is 132 Å². The van der Waals surface area contributed by atoms with Crippen LogP contribution in [0.4, 0.5) is 39.8 Å². The van der Waals surface area contributed by atoms with Crippen molar-refractivity contribution >= 4 is 97.0 Å². The van der Waals surface area contributed by atoms with Gasteiger partial charge in [-0.2, -0.15) is 43.5 Å². The Morgan fingerprint density at radius 3 is 1.66 bits per heavy atom. The topological polar surface area (TPSA) is 499 Å². The predicted molar refractivity (Wildman–Crippen MR) is 241 cm³/mol. The number of nitro benzene ring substituents is 1. The first kappa shape index (κ1) is 54.1. The number of aromatic nitrogens is 2. The lowest BCUT2D eigenvalue weighted by Gasteiger charge is -2.15. The highest BCUT2D eigenvalue weighted by Gasteiger charge is 2.32. The standard InChI is InChI=1S/C37H31N9O23S4/c1-67-18-3-6-22(29(13-18)71(58,59)60)38-40-23-15-27(69-11-9-48)24(16-26(23)68-10-8-47)41-42-31-30(72(61,62)63)14-20-19(34(31)49)4-7-25(35(20)73(64,65)66)45-36(50)32(33(44-45)37(51)52)43-39-21-5-2-17(46(53)54)12-28(21)70(55,56)57/h2-7,12-16,47-50H,8-11H2,1H3,(H,51,52)(H,55,56,57)(H,58,59,60)(H,61,62,63)(H,64,65,66)/b40-38+,42-41+,43-39+. The van der Waals surface area contributed by atoms with Crippen LogP contribution in [0, 0.1) is 10.1 Å². The number of phenolic OH excluding ortho intramolecular Hbond substituents is 1. The van der Waals surface area contributed by atoms with Gasteiger partial charge in [-0.1, -0.05) is 0 Å². The zero-order valence-corrected chi connectivity index (χ0v) is 39.3. The van der Waals surface area contributed by atoms with E-state index in [-0.39, 0.29) is 27.6 Å². The minimum atomic E-state index is -5.75. The lowest BCUT2D eigenvalue weighted by molar-refractivity contribution is -0.385. The van der Waals surface area contributed by atoms with E-state index in [1.807, 2.05) is 0 Å². The molecule has 0 saturated carbocycles. The number of nitro groups is 1. The van der Waals surface area contributed by atoms with Crippen LogP contribution in [0.2, 0.25) is 0 Å². The molecule has 0 atom stereocenters. The molecule has 0 radical (unpaired) electrons. The summed E-state index contributed by atoms with van der Waals surface area (Å²) in [5, 5.41) is 87.1. The van der Waals surface area contributed by atoms with Crippen molar-refractivity contribution in [3.8, 4) is 34.6 Å². The number of fused-ring (bicyclic) bond motifs is 1. The summed E-state index contributed by atoms with van der Waals surface area (Å²) in [4.78, 5) is 17.6. The van der Waals surface area contributed by atoms with Crippen LogP contribution in [0.1, 0.15) is 10.5 Å². The maximum Gasteiger partial charge on any atom is 0.358 e. The number of nitrogens with zero attached hydrogens (tertiary/aromatic N) is 9. The molecular weight excluding hydrogens is 1070 g/mol. The second-order valence-electron chi connectivity index (χ2n) is 14.0. The number of azo groups is 3. The highest BCUT2D eigenvalue weighted by atomic mass is 32.2. The highest BCUT2D eigenvalue weighted by Crippen LogP contribution is 2.48. The van der Waals surface area contributed by atoms with Gasteiger partial charge in [0.15, 0.2) is 11.4 Å². The number of hydrogen-bond donors (Lipinski definition) is 9. The van der Waals surface area contributed by atoms with Gasteiger partial charge in [-0.05, 0) is 36.4 Å². The second kappa shape index (κ2) is 20.9. The molecule has 9 N–H and O–H groups in total. The number of hydrogen-bond acceptors (Lipinski definition) is 25. The monoisotopic (exact) mass is 1100 g/mol. The number of ether oxygens (including phenoxy) is 3. The number of aliphatic hydroxyl groups is 2. The number of aromatic carboxylic acids is 1. The van der Waals surface area contributed by atoms with Crippen molar-refractivity contribution in [2.24, 2.45) is 30.7 Å². The van der Waals surface area contributed by atoms with E-state index >= 15 is 0 Å². The first-order valence-electron chi connectivity index (χ1n) is 19.3. The van der Waals surface area contributed by atoms with Crippen LogP contribution in [0.3, 0.4) is 0 Å². The highest BCUT2D eigenvalue weighted by molar-refractivity contribution is 7.87. The summed E-state index contributed by atoms with van der Waals surface area (Å²) in [6.07, 6.45) is 0. The number of rotatable bonds is 20. The fourth-order valence-electron chi connectivity index (χ4n) is 6.29. The number of phenols is 1. The first-order chi connectivity index (χ1) is 34.1.